The number of amides is 1. The molecule has 4 aromatic carbocycles. The Balaban J connectivity index is 1.08. The molecule has 5 aromatic rings. The Bertz CT molecular complexity index is 2140. The highest BCUT2D eigenvalue weighted by Crippen LogP contribution is 2.43. The van der Waals surface area contributed by atoms with E-state index < -0.39 is 18.4 Å². The highest BCUT2D eigenvalue weighted by atomic mass is 16.7. The van der Waals surface area contributed by atoms with Crippen LogP contribution in [0.5, 0.6) is 0 Å². The van der Waals surface area contributed by atoms with E-state index >= 15 is 0 Å². The van der Waals surface area contributed by atoms with E-state index in [0.717, 1.165) is 76.9 Å². The third-order valence-electron chi connectivity index (χ3n) is 10.7. The smallest absolute Gasteiger partial charge is 0.326 e. The van der Waals surface area contributed by atoms with Crippen LogP contribution in [0, 0.1) is 5.92 Å². The van der Waals surface area contributed by atoms with Gasteiger partial charge in [-0.1, -0.05) is 79.7 Å². The number of H-pyrrole nitrogens is 1. The van der Waals surface area contributed by atoms with Crippen molar-refractivity contribution in [3.63, 3.8) is 0 Å². The normalized spacial score (nSPS) is 21.5. The number of hydrogen-bond donors (Lipinski definition) is 3. The van der Waals surface area contributed by atoms with Gasteiger partial charge in [-0.25, -0.2) is 4.79 Å². The first-order chi connectivity index (χ1) is 26.2. The Kier molecular flexibility index (Phi) is 11.4. The number of rotatable bonds is 11. The second-order valence-electron chi connectivity index (χ2n) is 14.5. The summed E-state index contributed by atoms with van der Waals surface area (Å²) in [6.07, 6.45) is -0.141. The van der Waals surface area contributed by atoms with Crippen LogP contribution in [0.2, 0.25) is 0 Å². The van der Waals surface area contributed by atoms with Gasteiger partial charge in [0.1, 0.15) is 0 Å². The molecule has 282 valence electrons. The molecule has 7 rings (SSSR count). The first-order valence-corrected chi connectivity index (χ1v) is 18.7. The maximum atomic E-state index is 12.9. The predicted molar refractivity (Wildman–Crippen MR) is 205 cm³/mol. The fraction of sp³-hybridized carbons (Fsp3) is 0.372. The number of hydrogen-bond acceptors (Lipinski definition) is 8. The summed E-state index contributed by atoms with van der Waals surface area (Å²) in [5, 5.41) is 12.5. The van der Waals surface area contributed by atoms with Crippen molar-refractivity contribution in [1.29, 1.82) is 0 Å². The number of nitrogens with zero attached hydrogens (tertiary/aromatic N) is 2. The summed E-state index contributed by atoms with van der Waals surface area (Å²) >= 11 is 0. The van der Waals surface area contributed by atoms with Gasteiger partial charge in [-0.05, 0) is 71.8 Å². The van der Waals surface area contributed by atoms with E-state index in [1.54, 1.807) is 6.92 Å². The van der Waals surface area contributed by atoms with E-state index in [4.69, 9.17) is 14.2 Å². The van der Waals surface area contributed by atoms with Crippen LogP contribution in [-0.2, 0) is 37.0 Å². The second kappa shape index (κ2) is 16.5. The van der Waals surface area contributed by atoms with Crippen molar-refractivity contribution in [2.24, 2.45) is 5.92 Å². The van der Waals surface area contributed by atoms with E-state index in [0.29, 0.717) is 6.54 Å². The Morgan fingerprint density at radius 2 is 1.63 bits per heavy atom. The lowest BCUT2D eigenvalue weighted by Gasteiger charge is -2.44. The van der Waals surface area contributed by atoms with E-state index in [1.807, 2.05) is 95.6 Å². The van der Waals surface area contributed by atoms with Crippen LogP contribution in [-0.4, -0.2) is 63.3 Å². The summed E-state index contributed by atoms with van der Waals surface area (Å²) in [5.74, 6) is -0.824. The van der Waals surface area contributed by atoms with Crippen LogP contribution < -0.4 is 11.0 Å². The number of piperidine rings is 1. The van der Waals surface area contributed by atoms with E-state index in [1.165, 1.54) is 6.92 Å². The molecule has 0 bridgehead atoms. The van der Waals surface area contributed by atoms with Crippen LogP contribution in [0.25, 0.3) is 22.2 Å². The van der Waals surface area contributed by atoms with Crippen molar-refractivity contribution in [3.8, 4) is 11.1 Å². The molecule has 2 saturated heterocycles. The minimum atomic E-state index is -0.871. The minimum absolute atomic E-state index is 0.0237. The Hall–Kier alpha value is -5.07. The molecule has 0 radical (unpaired) electrons. The maximum Gasteiger partial charge on any atom is 0.326 e. The number of aliphatic hydroxyl groups excluding tert-OH is 1. The molecule has 0 saturated carbocycles. The van der Waals surface area contributed by atoms with Crippen LogP contribution in [0.1, 0.15) is 74.3 Å². The first-order valence-electron chi connectivity index (χ1n) is 18.7. The molecular formula is C43H48N4O7. The van der Waals surface area contributed by atoms with E-state index in [9.17, 15) is 19.5 Å². The quantitative estimate of drug-likeness (QED) is 0.137. The molecule has 0 spiro atoms. The number of likely N-dealkylation sites (tertiary alicyclic amines) is 1. The highest BCUT2D eigenvalue weighted by molar-refractivity contribution is 5.83. The molecule has 54 heavy (non-hydrogen) atoms. The molecule has 11 heteroatoms. The zero-order chi connectivity index (χ0) is 37.8. The molecule has 2 aliphatic rings. The van der Waals surface area contributed by atoms with E-state index in [2.05, 4.69) is 28.2 Å². The lowest BCUT2D eigenvalue weighted by atomic mass is 9.89. The number of nitrogens with one attached hydrogen (secondary N) is 2. The van der Waals surface area contributed by atoms with Gasteiger partial charge < -0.3 is 34.5 Å². The third-order valence-corrected chi connectivity index (χ3v) is 10.7. The molecular weight excluding hydrogens is 684 g/mol. The number of aromatic nitrogens is 2. The summed E-state index contributed by atoms with van der Waals surface area (Å²) in [5.41, 5.74) is 7.40. The van der Waals surface area contributed by atoms with Crippen molar-refractivity contribution < 1.29 is 28.9 Å². The molecule has 2 aliphatic heterocycles. The van der Waals surface area contributed by atoms with Gasteiger partial charge in [0.15, 0.2) is 12.4 Å². The van der Waals surface area contributed by atoms with E-state index in [-0.39, 0.29) is 42.4 Å². The van der Waals surface area contributed by atoms with Crippen LogP contribution >= 0.6 is 0 Å². The van der Waals surface area contributed by atoms with Crippen molar-refractivity contribution in [2.45, 2.75) is 77.4 Å². The summed E-state index contributed by atoms with van der Waals surface area (Å²) in [7, 11) is 0. The Morgan fingerprint density at radius 3 is 2.37 bits per heavy atom. The van der Waals surface area contributed by atoms with Crippen LogP contribution in [0.4, 0.5) is 0 Å². The number of benzene rings is 4. The summed E-state index contributed by atoms with van der Waals surface area (Å²) < 4.78 is 20.6. The van der Waals surface area contributed by atoms with Crippen molar-refractivity contribution in [2.75, 3.05) is 19.6 Å². The monoisotopic (exact) mass is 732 g/mol. The SMILES string of the molecule is CC(=O)O[C@@H](C)C(=O)NCc1cccc(-c2cccc([C@@H]3O[C@H](CN4CCC(n5c(=O)[nH]c6ccccc65)CC4)[C@H](C)[C@H](c4ccc(CO)cc4)O3)c2)c1. The predicted octanol–water partition coefficient (Wildman–Crippen LogP) is 6.19. The number of carbonyl (C=O) groups is 2. The molecule has 11 nitrogen and oxygen atoms in total. The molecule has 0 aliphatic carbocycles. The van der Waals surface area contributed by atoms with Crippen molar-refractivity contribution in [1.82, 2.24) is 19.8 Å². The Labute approximate surface area is 314 Å². The highest BCUT2D eigenvalue weighted by Gasteiger charge is 2.40. The standard InChI is InChI=1S/C43H48N4O7/c1-27-39(25-46-20-18-36(19-21-46)47-38-13-5-4-12-37(38)45-43(47)51)53-42(54-40(27)32-16-14-30(26-48)15-17-32)35-11-7-10-34(23-35)33-9-6-8-31(22-33)24-44-41(50)28(2)52-29(3)49/h4-17,22-23,27-28,36,39-40,42,48H,18-21,24-26H2,1-3H3,(H,44,50)(H,45,51)/t27-,28-,39+,40+,42+/m0/s1. The lowest BCUT2D eigenvalue weighted by molar-refractivity contribution is -0.276. The molecule has 1 aromatic heterocycles. The zero-order valence-electron chi connectivity index (χ0n) is 30.9. The number of ether oxygens (including phenoxy) is 3. The topological polar surface area (TPSA) is 135 Å². The van der Waals surface area contributed by atoms with Gasteiger partial charge in [-0.3, -0.25) is 14.2 Å². The lowest BCUT2D eigenvalue weighted by Crippen LogP contribution is -2.47. The number of carbonyl (C=O) groups excluding carboxylic acids is 2. The molecule has 5 atom stereocenters. The molecule has 2 fully saturated rings. The molecule has 0 unspecified atom stereocenters. The van der Waals surface area contributed by atoms with Gasteiger partial charge in [0.25, 0.3) is 5.91 Å². The zero-order valence-corrected chi connectivity index (χ0v) is 30.9. The first kappa shape index (κ1) is 37.3. The average molecular weight is 733 g/mol. The van der Waals surface area contributed by atoms with Gasteiger partial charge in [-0.2, -0.15) is 0 Å². The maximum absolute atomic E-state index is 12.9. The second-order valence-corrected chi connectivity index (χ2v) is 14.5. The van der Waals surface area contributed by atoms with Gasteiger partial charge in [-0.15, -0.1) is 0 Å². The number of aromatic amines is 1. The molecule has 3 heterocycles. The van der Waals surface area contributed by atoms with Gasteiger partial charge >= 0.3 is 11.7 Å². The average Bonchev–Trinajstić information content (AvgIpc) is 3.53. The summed E-state index contributed by atoms with van der Waals surface area (Å²) in [6.45, 7) is 7.69. The fourth-order valence-electron chi connectivity index (χ4n) is 7.74. The van der Waals surface area contributed by atoms with Gasteiger partial charge in [0, 0.05) is 50.6 Å². The number of para-hydroxylation sites is 2. The number of aliphatic hydroxyl groups is 1. The van der Waals surface area contributed by atoms with Crippen LogP contribution in [0.3, 0.4) is 0 Å². The number of fused-ring (bicyclic) bond motifs is 1. The summed E-state index contributed by atoms with van der Waals surface area (Å²) in [6, 6.07) is 32.1. The number of esters is 1. The van der Waals surface area contributed by atoms with Gasteiger partial charge in [0.2, 0.25) is 0 Å². The van der Waals surface area contributed by atoms with Crippen molar-refractivity contribution in [3.05, 3.63) is 130 Å². The molecule has 3 N–H and O–H groups in total. The Morgan fingerprint density at radius 1 is 0.907 bits per heavy atom. The molecule has 1 amide bonds. The largest absolute Gasteiger partial charge is 0.453 e. The fourth-order valence-corrected chi connectivity index (χ4v) is 7.74. The minimum Gasteiger partial charge on any atom is -0.453 e. The van der Waals surface area contributed by atoms with Gasteiger partial charge in [0.05, 0.1) is 29.8 Å². The number of imidazole rings is 1. The van der Waals surface area contributed by atoms with Crippen LogP contribution in [0.15, 0.2) is 102 Å². The third kappa shape index (κ3) is 8.34. The van der Waals surface area contributed by atoms with Crippen molar-refractivity contribution >= 4 is 22.9 Å². The summed E-state index contributed by atoms with van der Waals surface area (Å²) in [4.78, 5) is 42.1.